The molecular formula is C19H20FN3O4S2. The first-order valence-corrected chi connectivity index (χ1v) is 12.0. The van der Waals surface area contributed by atoms with Gasteiger partial charge in [0.1, 0.15) is 5.82 Å². The molecular weight excluding hydrogens is 417 g/mol. The Labute approximate surface area is 171 Å². The molecule has 2 aliphatic heterocycles. The predicted molar refractivity (Wildman–Crippen MR) is 107 cm³/mol. The minimum absolute atomic E-state index is 0.0285. The molecule has 10 heteroatoms. The van der Waals surface area contributed by atoms with Gasteiger partial charge in [0.2, 0.25) is 5.91 Å². The quantitative estimate of drug-likeness (QED) is 0.795. The van der Waals surface area contributed by atoms with Crippen LogP contribution in [0, 0.1) is 11.7 Å². The van der Waals surface area contributed by atoms with Gasteiger partial charge in [-0.15, -0.1) is 11.3 Å². The lowest BCUT2D eigenvalue weighted by Gasteiger charge is -2.32. The number of hydrogen-bond donors (Lipinski definition) is 1. The lowest BCUT2D eigenvalue weighted by atomic mass is 9.96. The predicted octanol–water partition coefficient (Wildman–Crippen LogP) is 2.24. The highest BCUT2D eigenvalue weighted by Gasteiger charge is 2.30. The summed E-state index contributed by atoms with van der Waals surface area (Å²) in [5.41, 5.74) is 1.12. The molecule has 29 heavy (non-hydrogen) atoms. The van der Waals surface area contributed by atoms with Crippen LogP contribution in [0.1, 0.15) is 33.8 Å². The number of halogens is 1. The summed E-state index contributed by atoms with van der Waals surface area (Å²) in [6.07, 6.45) is 1.71. The Kier molecular flexibility index (Phi) is 5.39. The van der Waals surface area contributed by atoms with Gasteiger partial charge in [-0.3, -0.25) is 9.59 Å². The summed E-state index contributed by atoms with van der Waals surface area (Å²) in [5, 5.41) is 3.19. The molecule has 0 aliphatic carbocycles. The number of nitrogens with zero attached hydrogens (tertiary/aromatic N) is 2. The first-order valence-electron chi connectivity index (χ1n) is 9.35. The van der Waals surface area contributed by atoms with Gasteiger partial charge in [0.05, 0.1) is 23.1 Å². The molecule has 2 amide bonds. The maximum atomic E-state index is 13.1. The fourth-order valence-electron chi connectivity index (χ4n) is 3.63. The van der Waals surface area contributed by atoms with Crippen molar-refractivity contribution in [2.75, 3.05) is 24.2 Å². The topological polar surface area (TPSA) is 96.4 Å². The molecule has 0 spiro atoms. The second-order valence-corrected chi connectivity index (χ2v) is 10.6. The Morgan fingerprint density at radius 1 is 1.24 bits per heavy atom. The van der Waals surface area contributed by atoms with Gasteiger partial charge in [-0.05, 0) is 37.1 Å². The van der Waals surface area contributed by atoms with Crippen molar-refractivity contribution in [1.29, 1.82) is 0 Å². The number of aromatic nitrogens is 1. The van der Waals surface area contributed by atoms with Crippen molar-refractivity contribution in [2.24, 2.45) is 5.92 Å². The number of carbonyl (C=O) groups excluding carboxylic acids is 2. The van der Waals surface area contributed by atoms with Gasteiger partial charge in [0.25, 0.3) is 5.91 Å². The average Bonchev–Trinajstić information content (AvgIpc) is 3.08. The van der Waals surface area contributed by atoms with Crippen molar-refractivity contribution in [2.45, 2.75) is 25.0 Å². The van der Waals surface area contributed by atoms with Crippen LogP contribution < -0.4 is 5.32 Å². The highest BCUT2D eigenvalue weighted by atomic mass is 32.2. The fourth-order valence-corrected chi connectivity index (χ4v) is 6.42. The van der Waals surface area contributed by atoms with E-state index in [9.17, 15) is 22.4 Å². The number of piperidine rings is 1. The number of likely N-dealkylation sites (tertiary alicyclic amines) is 1. The summed E-state index contributed by atoms with van der Waals surface area (Å²) in [4.78, 5) is 32.0. The third-order valence-corrected chi connectivity index (χ3v) is 7.93. The molecule has 1 aromatic heterocycles. The van der Waals surface area contributed by atoms with Crippen molar-refractivity contribution >= 4 is 38.1 Å². The molecule has 1 N–H and O–H groups in total. The van der Waals surface area contributed by atoms with E-state index >= 15 is 0 Å². The molecule has 1 fully saturated rings. The van der Waals surface area contributed by atoms with E-state index in [4.69, 9.17) is 0 Å². The largest absolute Gasteiger partial charge is 0.338 e. The number of anilines is 1. The van der Waals surface area contributed by atoms with Crippen LogP contribution >= 0.6 is 11.3 Å². The maximum Gasteiger partial charge on any atom is 0.253 e. The number of benzene rings is 1. The zero-order valence-corrected chi connectivity index (χ0v) is 17.2. The Balaban J connectivity index is 1.41. The highest BCUT2D eigenvalue weighted by Crippen LogP contribution is 2.30. The van der Waals surface area contributed by atoms with E-state index in [-0.39, 0.29) is 35.8 Å². The molecule has 1 aromatic carbocycles. The van der Waals surface area contributed by atoms with E-state index in [0.717, 1.165) is 5.69 Å². The average molecular weight is 438 g/mol. The number of nitrogens with one attached hydrogen (secondary N) is 1. The Bertz CT molecular complexity index is 1050. The fraction of sp³-hybridized carbons (Fsp3) is 0.421. The van der Waals surface area contributed by atoms with Crippen molar-refractivity contribution in [3.63, 3.8) is 0 Å². The Morgan fingerprint density at radius 2 is 2.00 bits per heavy atom. The zero-order chi connectivity index (χ0) is 20.6. The second-order valence-electron chi connectivity index (χ2n) is 7.32. The lowest BCUT2D eigenvalue weighted by Crippen LogP contribution is -2.43. The standard InChI is InChI=1S/C19H20FN3O4S2/c20-14-5-3-12(4-6-14)18(25)23-8-1-2-13(10-23)17(24)22-19-21-15-7-9-29(26,27)11-16(15)28-19/h3-6,13H,1-2,7-11H2,(H,21,22,24). The number of sulfone groups is 1. The first-order chi connectivity index (χ1) is 13.8. The smallest absolute Gasteiger partial charge is 0.253 e. The van der Waals surface area contributed by atoms with E-state index < -0.39 is 15.7 Å². The van der Waals surface area contributed by atoms with Crippen molar-refractivity contribution in [3.05, 3.63) is 46.2 Å². The van der Waals surface area contributed by atoms with Crippen LogP contribution in [0.5, 0.6) is 0 Å². The van der Waals surface area contributed by atoms with Crippen molar-refractivity contribution in [3.8, 4) is 0 Å². The van der Waals surface area contributed by atoms with Gasteiger partial charge in [-0.25, -0.2) is 17.8 Å². The van der Waals surface area contributed by atoms with E-state index in [2.05, 4.69) is 10.3 Å². The molecule has 0 saturated carbocycles. The molecule has 1 atom stereocenters. The van der Waals surface area contributed by atoms with Gasteiger partial charge < -0.3 is 10.2 Å². The lowest BCUT2D eigenvalue weighted by molar-refractivity contribution is -0.121. The summed E-state index contributed by atoms with van der Waals surface area (Å²) in [5.74, 6) is -1.18. The minimum atomic E-state index is -3.09. The van der Waals surface area contributed by atoms with Crippen molar-refractivity contribution in [1.82, 2.24) is 9.88 Å². The molecule has 154 valence electrons. The highest BCUT2D eigenvalue weighted by molar-refractivity contribution is 7.90. The van der Waals surface area contributed by atoms with Crippen LogP contribution in [0.4, 0.5) is 9.52 Å². The van der Waals surface area contributed by atoms with Crippen LogP contribution in [0.25, 0.3) is 0 Å². The number of thiazole rings is 1. The van der Waals surface area contributed by atoms with E-state index in [1.165, 1.54) is 35.6 Å². The monoisotopic (exact) mass is 437 g/mol. The van der Waals surface area contributed by atoms with Crippen LogP contribution in [-0.2, 0) is 26.8 Å². The molecule has 1 saturated heterocycles. The van der Waals surface area contributed by atoms with Gasteiger partial charge in [0, 0.05) is 30.0 Å². The summed E-state index contributed by atoms with van der Waals surface area (Å²) in [6, 6.07) is 5.36. The number of aryl methyl sites for hydroxylation is 1. The summed E-state index contributed by atoms with van der Waals surface area (Å²) in [6.45, 7) is 0.824. The summed E-state index contributed by atoms with van der Waals surface area (Å²) < 4.78 is 36.6. The Hall–Kier alpha value is -2.33. The zero-order valence-electron chi connectivity index (χ0n) is 15.6. The van der Waals surface area contributed by atoms with Crippen LogP contribution in [0.2, 0.25) is 0 Å². The number of amides is 2. The second kappa shape index (κ2) is 7.83. The molecule has 2 aromatic rings. The maximum absolute atomic E-state index is 13.1. The third-order valence-electron chi connectivity index (χ3n) is 5.18. The van der Waals surface area contributed by atoms with Crippen LogP contribution in [-0.4, -0.2) is 49.0 Å². The van der Waals surface area contributed by atoms with Gasteiger partial charge in [-0.1, -0.05) is 0 Å². The SMILES string of the molecule is O=C(Nc1nc2c(s1)CS(=O)(=O)CC2)C1CCCN(C(=O)c2ccc(F)cc2)C1. The minimum Gasteiger partial charge on any atom is -0.338 e. The molecule has 3 heterocycles. The molecule has 0 bridgehead atoms. The van der Waals surface area contributed by atoms with E-state index in [1.54, 1.807) is 4.90 Å². The van der Waals surface area contributed by atoms with Crippen LogP contribution in [0.3, 0.4) is 0 Å². The van der Waals surface area contributed by atoms with E-state index in [0.29, 0.717) is 41.4 Å². The number of fused-ring (bicyclic) bond motifs is 1. The van der Waals surface area contributed by atoms with Gasteiger partial charge in [0.15, 0.2) is 15.0 Å². The molecule has 7 nitrogen and oxygen atoms in total. The number of hydrogen-bond acceptors (Lipinski definition) is 6. The van der Waals surface area contributed by atoms with E-state index in [1.807, 2.05) is 0 Å². The Morgan fingerprint density at radius 3 is 2.76 bits per heavy atom. The molecule has 0 radical (unpaired) electrons. The molecule has 4 rings (SSSR count). The van der Waals surface area contributed by atoms with Gasteiger partial charge >= 0.3 is 0 Å². The number of carbonyl (C=O) groups is 2. The normalized spacial score (nSPS) is 20.7. The summed E-state index contributed by atoms with van der Waals surface area (Å²) in [7, 11) is -3.09. The van der Waals surface area contributed by atoms with Gasteiger partial charge in [-0.2, -0.15) is 0 Å². The molecule has 2 aliphatic rings. The van der Waals surface area contributed by atoms with Crippen molar-refractivity contribution < 1.29 is 22.4 Å². The van der Waals surface area contributed by atoms with Crippen LogP contribution in [0.15, 0.2) is 24.3 Å². The first kappa shape index (κ1) is 20.0. The summed E-state index contributed by atoms with van der Waals surface area (Å²) >= 11 is 1.20. The third kappa shape index (κ3) is 4.48. The molecule has 1 unspecified atom stereocenters. The number of rotatable bonds is 3.